The number of esters is 1. The molecule has 34 heavy (non-hydrogen) atoms. The first-order chi connectivity index (χ1) is 16.4. The number of halogens is 2. The third-order valence-electron chi connectivity index (χ3n) is 4.79. The van der Waals surface area contributed by atoms with Crippen molar-refractivity contribution < 1.29 is 23.8 Å². The third kappa shape index (κ3) is 5.63. The Morgan fingerprint density at radius 1 is 1.03 bits per heavy atom. The predicted molar refractivity (Wildman–Crippen MR) is 136 cm³/mol. The van der Waals surface area contributed by atoms with Crippen molar-refractivity contribution in [1.82, 2.24) is 0 Å². The number of hydrogen-bond donors (Lipinski definition) is 0. The van der Waals surface area contributed by atoms with Gasteiger partial charge in [-0.3, -0.25) is 4.79 Å². The van der Waals surface area contributed by atoms with E-state index >= 15 is 0 Å². The monoisotopic (exact) mass is 583 g/mol. The number of nitrogens with zero attached hydrogens (tertiary/aromatic N) is 1. The maximum Gasteiger partial charge on any atom is 0.363 e. The number of carbonyl (C=O) groups is 2. The summed E-state index contributed by atoms with van der Waals surface area (Å²) in [7, 11) is 0. The van der Waals surface area contributed by atoms with Crippen LogP contribution in [0.5, 0.6) is 11.5 Å². The van der Waals surface area contributed by atoms with Crippen LogP contribution in [0, 0.1) is 0 Å². The van der Waals surface area contributed by atoms with Crippen molar-refractivity contribution in [2.24, 2.45) is 4.99 Å². The van der Waals surface area contributed by atoms with Crippen LogP contribution >= 0.6 is 31.9 Å². The summed E-state index contributed by atoms with van der Waals surface area (Å²) >= 11 is 6.87. The quantitative estimate of drug-likeness (QED) is 0.179. The van der Waals surface area contributed by atoms with E-state index < -0.39 is 5.97 Å². The fourth-order valence-electron chi connectivity index (χ4n) is 3.20. The van der Waals surface area contributed by atoms with Crippen LogP contribution in [0.15, 0.2) is 86.4 Å². The van der Waals surface area contributed by atoms with Crippen molar-refractivity contribution in [1.29, 1.82) is 0 Å². The number of Topliss-reactive ketones (excluding diaryl/α,β-unsaturated/α-hetero) is 1. The summed E-state index contributed by atoms with van der Waals surface area (Å²) in [5.41, 5.74) is 2.09. The molecule has 3 aromatic rings. The molecule has 0 saturated heterocycles. The summed E-state index contributed by atoms with van der Waals surface area (Å²) < 4.78 is 18.4. The number of hydrogen-bond acceptors (Lipinski definition) is 6. The maximum absolute atomic E-state index is 12.4. The lowest BCUT2D eigenvalue weighted by Gasteiger charge is -2.14. The normalized spacial score (nSPS) is 14.0. The Morgan fingerprint density at radius 2 is 1.76 bits per heavy atom. The molecule has 1 aliphatic heterocycles. The van der Waals surface area contributed by atoms with Gasteiger partial charge >= 0.3 is 5.97 Å². The van der Waals surface area contributed by atoms with Gasteiger partial charge in [0.1, 0.15) is 0 Å². The molecule has 0 fully saturated rings. The van der Waals surface area contributed by atoms with Crippen LogP contribution in [-0.2, 0) is 9.53 Å². The van der Waals surface area contributed by atoms with Gasteiger partial charge in [-0.2, -0.15) is 0 Å². The minimum absolute atomic E-state index is 0.143. The molecule has 0 atom stereocenters. The van der Waals surface area contributed by atoms with Crippen LogP contribution < -0.4 is 9.47 Å². The van der Waals surface area contributed by atoms with Gasteiger partial charge in [0, 0.05) is 15.6 Å². The molecule has 0 bridgehead atoms. The fraction of sp³-hybridized carbons (Fsp3) is 0.115. The average molecular weight is 585 g/mol. The van der Waals surface area contributed by atoms with Crippen molar-refractivity contribution in [3.63, 3.8) is 0 Å². The lowest BCUT2D eigenvalue weighted by Crippen LogP contribution is -2.12. The zero-order valence-electron chi connectivity index (χ0n) is 18.1. The molecule has 172 valence electrons. The highest BCUT2D eigenvalue weighted by atomic mass is 79.9. The van der Waals surface area contributed by atoms with Gasteiger partial charge in [0.25, 0.3) is 0 Å². The average Bonchev–Trinajstić information content (AvgIpc) is 3.19. The van der Waals surface area contributed by atoms with E-state index in [0.29, 0.717) is 39.3 Å². The summed E-state index contributed by atoms with van der Waals surface area (Å²) in [6.07, 6.45) is 1.61. The highest BCUT2D eigenvalue weighted by Crippen LogP contribution is 2.38. The number of ether oxygens (including phenoxy) is 3. The Kier molecular flexibility index (Phi) is 7.59. The molecule has 0 aliphatic carbocycles. The predicted octanol–water partition coefficient (Wildman–Crippen LogP) is 6.22. The van der Waals surface area contributed by atoms with Crippen LogP contribution in [0.4, 0.5) is 0 Å². The van der Waals surface area contributed by atoms with Crippen molar-refractivity contribution in [2.75, 3.05) is 13.2 Å². The molecule has 0 radical (unpaired) electrons. The van der Waals surface area contributed by atoms with Crippen molar-refractivity contribution in [3.05, 3.63) is 98.1 Å². The SMILES string of the molecule is CCOc1cc(/C=C2\N=C(c3ccc(Br)cc3)OC2=O)cc(Br)c1OCC(=O)c1ccccc1. The summed E-state index contributed by atoms with van der Waals surface area (Å²) in [5.74, 6) is 0.395. The zero-order chi connectivity index (χ0) is 24.1. The maximum atomic E-state index is 12.4. The Bertz CT molecular complexity index is 1280. The van der Waals surface area contributed by atoms with Crippen molar-refractivity contribution in [2.45, 2.75) is 6.92 Å². The van der Waals surface area contributed by atoms with Crippen LogP contribution in [-0.4, -0.2) is 30.9 Å². The number of rotatable bonds is 8. The first-order valence-electron chi connectivity index (χ1n) is 10.4. The van der Waals surface area contributed by atoms with Crippen LogP contribution in [0.2, 0.25) is 0 Å². The minimum atomic E-state index is -0.541. The standard InChI is InChI=1S/C26H19Br2NO5/c1-2-32-23-14-16(12-20(28)24(23)33-15-22(30)17-6-4-3-5-7-17)13-21-26(31)34-25(29-21)18-8-10-19(27)11-9-18/h3-14H,2,15H2,1H3/b21-13-. The molecule has 3 aromatic carbocycles. The van der Waals surface area contributed by atoms with E-state index in [2.05, 4.69) is 36.9 Å². The molecule has 6 nitrogen and oxygen atoms in total. The Labute approximate surface area is 213 Å². The molecule has 0 saturated carbocycles. The lowest BCUT2D eigenvalue weighted by molar-refractivity contribution is -0.129. The first-order valence-corrected chi connectivity index (χ1v) is 12.0. The largest absolute Gasteiger partial charge is 0.490 e. The topological polar surface area (TPSA) is 74.2 Å². The van der Waals surface area contributed by atoms with E-state index in [0.717, 1.165) is 4.47 Å². The van der Waals surface area contributed by atoms with Crippen LogP contribution in [0.25, 0.3) is 6.08 Å². The van der Waals surface area contributed by atoms with Gasteiger partial charge in [0.05, 0.1) is 11.1 Å². The molecule has 0 spiro atoms. The van der Waals surface area contributed by atoms with Crippen molar-refractivity contribution in [3.8, 4) is 11.5 Å². The molecule has 1 aliphatic rings. The molecule has 4 rings (SSSR count). The van der Waals surface area contributed by atoms with Gasteiger partial charge in [0.15, 0.2) is 29.6 Å². The summed E-state index contributed by atoms with van der Waals surface area (Å²) in [4.78, 5) is 29.2. The van der Waals surface area contributed by atoms with Gasteiger partial charge < -0.3 is 14.2 Å². The Morgan fingerprint density at radius 3 is 2.47 bits per heavy atom. The molecular weight excluding hydrogens is 566 g/mol. The van der Waals surface area contributed by atoms with Gasteiger partial charge in [-0.1, -0.05) is 46.3 Å². The number of ketones is 1. The Balaban J connectivity index is 1.58. The van der Waals surface area contributed by atoms with Gasteiger partial charge in [0.2, 0.25) is 5.90 Å². The smallest absolute Gasteiger partial charge is 0.363 e. The van der Waals surface area contributed by atoms with E-state index in [1.165, 1.54) is 0 Å². The van der Waals surface area contributed by atoms with Gasteiger partial charge in [-0.25, -0.2) is 9.79 Å². The van der Waals surface area contributed by atoms with E-state index in [1.54, 1.807) is 42.5 Å². The summed E-state index contributed by atoms with van der Waals surface area (Å²) in [6, 6.07) is 19.7. The number of benzene rings is 3. The molecule has 8 heteroatoms. The second-order valence-electron chi connectivity index (χ2n) is 7.18. The van der Waals surface area contributed by atoms with Gasteiger partial charge in [-0.15, -0.1) is 0 Å². The zero-order valence-corrected chi connectivity index (χ0v) is 21.3. The number of aliphatic imine (C=N–C) groups is 1. The van der Waals surface area contributed by atoms with E-state index in [4.69, 9.17) is 14.2 Å². The molecule has 0 N–H and O–H groups in total. The fourth-order valence-corrected chi connectivity index (χ4v) is 4.04. The van der Waals surface area contributed by atoms with E-state index in [-0.39, 0.29) is 24.0 Å². The summed E-state index contributed by atoms with van der Waals surface area (Å²) in [5, 5.41) is 0. The van der Waals surface area contributed by atoms with Crippen molar-refractivity contribution >= 4 is 55.6 Å². The second kappa shape index (κ2) is 10.8. The molecule has 0 unspecified atom stereocenters. The molecule has 0 amide bonds. The van der Waals surface area contributed by atoms with E-state index in [1.807, 2.05) is 37.3 Å². The highest BCUT2D eigenvalue weighted by molar-refractivity contribution is 9.10. The third-order valence-corrected chi connectivity index (χ3v) is 5.91. The molecule has 0 aromatic heterocycles. The highest BCUT2D eigenvalue weighted by Gasteiger charge is 2.24. The summed E-state index contributed by atoms with van der Waals surface area (Å²) in [6.45, 7) is 2.10. The number of carbonyl (C=O) groups excluding carboxylic acids is 2. The molecular formula is C26H19Br2NO5. The minimum Gasteiger partial charge on any atom is -0.490 e. The van der Waals surface area contributed by atoms with Crippen LogP contribution in [0.1, 0.15) is 28.4 Å². The van der Waals surface area contributed by atoms with E-state index in [9.17, 15) is 9.59 Å². The van der Waals surface area contributed by atoms with Gasteiger partial charge in [-0.05, 0) is 70.9 Å². The number of cyclic esters (lactones) is 1. The van der Waals surface area contributed by atoms with Crippen LogP contribution in [0.3, 0.4) is 0 Å². The Hall–Kier alpha value is -3.23. The first kappa shape index (κ1) is 23.9. The lowest BCUT2D eigenvalue weighted by atomic mass is 10.1. The molecule has 1 heterocycles. The second-order valence-corrected chi connectivity index (χ2v) is 8.95.